The highest BCUT2D eigenvalue weighted by atomic mass is 32.1. The van der Waals surface area contributed by atoms with Gasteiger partial charge in [0.2, 0.25) is 5.13 Å². The predicted octanol–water partition coefficient (Wildman–Crippen LogP) is 5.32. The van der Waals surface area contributed by atoms with Gasteiger partial charge in [0.25, 0.3) is 5.91 Å². The molecule has 1 aliphatic heterocycles. The van der Waals surface area contributed by atoms with Crippen molar-refractivity contribution >= 4 is 33.9 Å². The summed E-state index contributed by atoms with van der Waals surface area (Å²) in [6.07, 6.45) is -2.40. The molecule has 3 heterocycles. The van der Waals surface area contributed by atoms with E-state index in [1.807, 2.05) is 0 Å². The van der Waals surface area contributed by atoms with Gasteiger partial charge in [-0.3, -0.25) is 15.0 Å². The molecule has 3 aromatic rings. The summed E-state index contributed by atoms with van der Waals surface area (Å²) >= 11 is 2.46. The van der Waals surface area contributed by atoms with Gasteiger partial charge in [-0.15, -0.1) is 24.5 Å². The maximum Gasteiger partial charge on any atom is 0.573 e. The number of ether oxygens (including phenoxy) is 1. The number of aryl methyl sites for hydroxylation is 1. The van der Waals surface area contributed by atoms with Crippen molar-refractivity contribution in [3.8, 4) is 16.2 Å². The summed E-state index contributed by atoms with van der Waals surface area (Å²) in [5.74, 6) is 0.0550. The molecule has 0 atom stereocenters. The van der Waals surface area contributed by atoms with Crippen molar-refractivity contribution in [3.63, 3.8) is 0 Å². The molecule has 0 radical (unpaired) electrons. The smallest absolute Gasteiger partial charge is 0.406 e. The van der Waals surface area contributed by atoms with Gasteiger partial charge in [-0.1, -0.05) is 12.1 Å². The number of rotatable bonds is 6. The van der Waals surface area contributed by atoms with E-state index in [0.717, 1.165) is 29.5 Å². The Morgan fingerprint density at radius 3 is 2.77 bits per heavy atom. The lowest BCUT2D eigenvalue weighted by atomic mass is 10.1. The van der Waals surface area contributed by atoms with E-state index in [1.165, 1.54) is 42.4 Å². The molecule has 1 N–H and O–H groups in total. The first-order valence-electron chi connectivity index (χ1n) is 9.60. The standard InChI is InChI=1S/C20H19F3N4O2S2/c1-12-15(10-16(30-12)13-5-4-6-14(9-13)29-20(21,22)23)18(28)25-19-24-17(26-31-19)11-27-7-2-3-8-27/h4-6,9-10H,2-3,7-8,11H2,1H3,(H,24,25,26,28). The maximum atomic E-state index is 12.7. The van der Waals surface area contributed by atoms with Crippen molar-refractivity contribution in [2.45, 2.75) is 32.7 Å². The normalized spacial score (nSPS) is 14.7. The molecule has 1 aliphatic rings. The molecule has 6 nitrogen and oxygen atoms in total. The van der Waals surface area contributed by atoms with Crippen LogP contribution in [0.15, 0.2) is 30.3 Å². The Kier molecular flexibility index (Phi) is 6.26. The van der Waals surface area contributed by atoms with Gasteiger partial charge in [0.1, 0.15) is 5.75 Å². The molecule has 1 aromatic carbocycles. The van der Waals surface area contributed by atoms with Crippen LogP contribution in [-0.4, -0.2) is 39.6 Å². The molecule has 4 rings (SSSR count). The third-order valence-electron chi connectivity index (χ3n) is 4.77. The van der Waals surface area contributed by atoms with Crippen LogP contribution in [0.3, 0.4) is 0 Å². The summed E-state index contributed by atoms with van der Waals surface area (Å²) < 4.78 is 45.8. The molecule has 31 heavy (non-hydrogen) atoms. The van der Waals surface area contributed by atoms with Crippen LogP contribution in [0, 0.1) is 6.92 Å². The minimum Gasteiger partial charge on any atom is -0.406 e. The third-order valence-corrected chi connectivity index (χ3v) is 6.53. The molecule has 0 aliphatic carbocycles. The fourth-order valence-electron chi connectivity index (χ4n) is 3.37. The SMILES string of the molecule is Cc1sc(-c2cccc(OC(F)(F)F)c2)cc1C(=O)Nc1nc(CN2CCCC2)ns1. The van der Waals surface area contributed by atoms with Crippen LogP contribution in [0.5, 0.6) is 5.75 Å². The van der Waals surface area contributed by atoms with E-state index in [-0.39, 0.29) is 11.7 Å². The zero-order valence-corrected chi connectivity index (χ0v) is 18.2. The molecule has 11 heteroatoms. The number of hydrogen-bond donors (Lipinski definition) is 1. The molecule has 0 saturated carbocycles. The Hall–Kier alpha value is -2.50. The lowest BCUT2D eigenvalue weighted by Gasteiger charge is -2.10. The van der Waals surface area contributed by atoms with Crippen LogP contribution < -0.4 is 10.1 Å². The second-order valence-corrected chi connectivity index (χ2v) is 9.12. The maximum absolute atomic E-state index is 12.7. The van der Waals surface area contributed by atoms with Crippen molar-refractivity contribution < 1.29 is 22.7 Å². The molecular formula is C20H19F3N4O2S2. The fraction of sp³-hybridized carbons (Fsp3) is 0.350. The largest absolute Gasteiger partial charge is 0.573 e. The number of halogens is 3. The van der Waals surface area contributed by atoms with Gasteiger partial charge in [-0.05, 0) is 56.6 Å². The number of nitrogens with one attached hydrogen (secondary N) is 1. The fourth-order valence-corrected chi connectivity index (χ4v) is 4.96. The van der Waals surface area contributed by atoms with Crippen LogP contribution >= 0.6 is 22.9 Å². The molecule has 1 amide bonds. The number of nitrogens with zero attached hydrogens (tertiary/aromatic N) is 3. The predicted molar refractivity (Wildman–Crippen MR) is 114 cm³/mol. The zero-order valence-electron chi connectivity index (χ0n) is 16.5. The molecule has 2 aromatic heterocycles. The number of carbonyl (C=O) groups is 1. The quantitative estimate of drug-likeness (QED) is 0.530. The van der Waals surface area contributed by atoms with Gasteiger partial charge in [0.05, 0.1) is 12.1 Å². The number of carbonyl (C=O) groups excluding carboxylic acids is 1. The topological polar surface area (TPSA) is 67.3 Å². The van der Waals surface area contributed by atoms with Crippen LogP contribution in [0.25, 0.3) is 10.4 Å². The number of benzene rings is 1. The number of amides is 1. The Labute approximate surface area is 184 Å². The Morgan fingerprint density at radius 2 is 2.03 bits per heavy atom. The number of thiophene rings is 1. The summed E-state index contributed by atoms with van der Waals surface area (Å²) in [5, 5.41) is 3.20. The summed E-state index contributed by atoms with van der Waals surface area (Å²) in [6, 6.07) is 7.35. The molecule has 1 saturated heterocycles. The van der Waals surface area contributed by atoms with E-state index < -0.39 is 6.36 Å². The number of hydrogen-bond acceptors (Lipinski definition) is 7. The lowest BCUT2D eigenvalue weighted by molar-refractivity contribution is -0.274. The van der Waals surface area contributed by atoms with Gasteiger partial charge in [0, 0.05) is 21.3 Å². The Morgan fingerprint density at radius 1 is 1.26 bits per heavy atom. The third kappa shape index (κ3) is 5.60. The van der Waals surface area contributed by atoms with Gasteiger partial charge >= 0.3 is 6.36 Å². The monoisotopic (exact) mass is 468 g/mol. The van der Waals surface area contributed by atoms with E-state index in [0.29, 0.717) is 33.5 Å². The molecular weight excluding hydrogens is 449 g/mol. The van der Waals surface area contributed by atoms with Crippen molar-refractivity contribution in [3.05, 3.63) is 46.6 Å². The highest BCUT2D eigenvalue weighted by Gasteiger charge is 2.31. The van der Waals surface area contributed by atoms with Crippen LogP contribution in [0.4, 0.5) is 18.3 Å². The molecule has 0 spiro atoms. The van der Waals surface area contributed by atoms with Crippen LogP contribution in [-0.2, 0) is 6.54 Å². The highest BCUT2D eigenvalue weighted by molar-refractivity contribution is 7.15. The summed E-state index contributed by atoms with van der Waals surface area (Å²) in [4.78, 5) is 20.8. The van der Waals surface area contributed by atoms with E-state index in [4.69, 9.17) is 0 Å². The molecule has 164 valence electrons. The van der Waals surface area contributed by atoms with Crippen LogP contribution in [0.1, 0.15) is 33.9 Å². The second kappa shape index (κ2) is 8.93. The molecule has 0 bridgehead atoms. The molecule has 0 unspecified atom stereocenters. The summed E-state index contributed by atoms with van der Waals surface area (Å²) in [7, 11) is 0. The summed E-state index contributed by atoms with van der Waals surface area (Å²) in [6.45, 7) is 4.53. The second-order valence-electron chi connectivity index (χ2n) is 7.11. The van der Waals surface area contributed by atoms with Gasteiger partial charge < -0.3 is 4.74 Å². The number of aromatic nitrogens is 2. The number of alkyl halides is 3. The van der Waals surface area contributed by atoms with E-state index in [9.17, 15) is 18.0 Å². The first kappa shape index (κ1) is 21.7. The first-order chi connectivity index (χ1) is 14.8. The van der Waals surface area contributed by atoms with Crippen molar-refractivity contribution in [2.24, 2.45) is 0 Å². The van der Waals surface area contributed by atoms with Crippen LogP contribution in [0.2, 0.25) is 0 Å². The van der Waals surface area contributed by atoms with E-state index in [2.05, 4.69) is 24.3 Å². The van der Waals surface area contributed by atoms with Gasteiger partial charge in [-0.25, -0.2) is 4.98 Å². The lowest BCUT2D eigenvalue weighted by Crippen LogP contribution is -2.19. The van der Waals surface area contributed by atoms with Gasteiger partial charge in [-0.2, -0.15) is 4.37 Å². The van der Waals surface area contributed by atoms with Crippen molar-refractivity contribution in [1.29, 1.82) is 0 Å². The average Bonchev–Trinajstić information content (AvgIpc) is 3.43. The molecule has 1 fully saturated rings. The van der Waals surface area contributed by atoms with Gasteiger partial charge in [0.15, 0.2) is 5.82 Å². The minimum absolute atomic E-state index is 0.304. The minimum atomic E-state index is -4.76. The highest BCUT2D eigenvalue weighted by Crippen LogP contribution is 2.34. The summed E-state index contributed by atoms with van der Waals surface area (Å²) in [5.41, 5.74) is 0.983. The Balaban J connectivity index is 1.46. The van der Waals surface area contributed by atoms with Crippen molar-refractivity contribution in [2.75, 3.05) is 18.4 Å². The number of anilines is 1. The number of likely N-dealkylation sites (tertiary alicyclic amines) is 1. The van der Waals surface area contributed by atoms with E-state index >= 15 is 0 Å². The Bertz CT molecular complexity index is 1070. The van der Waals surface area contributed by atoms with Crippen molar-refractivity contribution in [1.82, 2.24) is 14.3 Å². The zero-order chi connectivity index (χ0) is 22.0. The average molecular weight is 469 g/mol. The van der Waals surface area contributed by atoms with E-state index in [1.54, 1.807) is 19.1 Å². The first-order valence-corrected chi connectivity index (χ1v) is 11.2.